The number of hydrogen-bond donors (Lipinski definition) is 1. The lowest BCUT2D eigenvalue weighted by molar-refractivity contribution is -0.0361. The number of morpholine rings is 1. The van der Waals surface area contributed by atoms with Crippen LogP contribution in [0.4, 0.5) is 0 Å². The Kier molecular flexibility index (Phi) is 7.35. The zero-order chi connectivity index (χ0) is 16.1. The molecule has 1 aliphatic heterocycles. The predicted molar refractivity (Wildman–Crippen MR) is 99.2 cm³/mol. The SMILES string of the molecule is Cl.O=C(NCC1(N2CCOCC2)CCCCC1)c1ccccc1Cl. The smallest absolute Gasteiger partial charge is 0.252 e. The van der Waals surface area contributed by atoms with E-state index in [1.54, 1.807) is 12.1 Å². The van der Waals surface area contributed by atoms with Gasteiger partial charge in [-0.1, -0.05) is 43.0 Å². The van der Waals surface area contributed by atoms with Crippen molar-refractivity contribution < 1.29 is 9.53 Å². The largest absolute Gasteiger partial charge is 0.379 e. The quantitative estimate of drug-likeness (QED) is 0.878. The van der Waals surface area contributed by atoms with Gasteiger partial charge in [0, 0.05) is 25.2 Å². The van der Waals surface area contributed by atoms with Gasteiger partial charge in [0.2, 0.25) is 0 Å². The zero-order valence-electron chi connectivity index (χ0n) is 13.9. The van der Waals surface area contributed by atoms with E-state index in [0.717, 1.165) is 39.1 Å². The van der Waals surface area contributed by atoms with Crippen molar-refractivity contribution in [3.05, 3.63) is 34.9 Å². The highest BCUT2D eigenvalue weighted by molar-refractivity contribution is 6.33. The molecule has 1 aromatic rings. The van der Waals surface area contributed by atoms with Crippen LogP contribution in [0, 0.1) is 0 Å². The van der Waals surface area contributed by atoms with Gasteiger partial charge in [-0.15, -0.1) is 12.4 Å². The second-order valence-electron chi connectivity index (χ2n) is 6.55. The van der Waals surface area contributed by atoms with Crippen LogP contribution in [-0.4, -0.2) is 49.2 Å². The number of ether oxygens (including phenoxy) is 1. The van der Waals surface area contributed by atoms with Crippen molar-refractivity contribution in [2.24, 2.45) is 0 Å². The molecule has 6 heteroatoms. The van der Waals surface area contributed by atoms with Crippen molar-refractivity contribution >= 4 is 29.9 Å². The molecule has 0 radical (unpaired) electrons. The van der Waals surface area contributed by atoms with Gasteiger partial charge in [-0.05, 0) is 25.0 Å². The number of carbonyl (C=O) groups is 1. The second-order valence-corrected chi connectivity index (χ2v) is 6.95. The summed E-state index contributed by atoms with van der Waals surface area (Å²) in [4.78, 5) is 15.0. The van der Waals surface area contributed by atoms with Gasteiger partial charge in [0.1, 0.15) is 0 Å². The van der Waals surface area contributed by atoms with E-state index in [-0.39, 0.29) is 23.9 Å². The Morgan fingerprint density at radius 3 is 2.50 bits per heavy atom. The van der Waals surface area contributed by atoms with Crippen molar-refractivity contribution in [3.63, 3.8) is 0 Å². The standard InChI is InChI=1S/C18H25ClN2O2.ClH/c19-16-7-3-2-6-15(16)17(22)20-14-18(8-4-1-5-9-18)21-10-12-23-13-11-21;/h2-3,6-7H,1,4-5,8-14H2,(H,20,22);1H. The average Bonchev–Trinajstić information content (AvgIpc) is 2.62. The maximum atomic E-state index is 12.5. The minimum absolute atomic E-state index is 0. The zero-order valence-corrected chi connectivity index (χ0v) is 15.5. The van der Waals surface area contributed by atoms with Crippen LogP contribution in [0.1, 0.15) is 42.5 Å². The van der Waals surface area contributed by atoms with Gasteiger partial charge in [-0.25, -0.2) is 0 Å². The lowest BCUT2D eigenvalue weighted by atomic mass is 9.79. The minimum Gasteiger partial charge on any atom is -0.379 e. The van der Waals surface area contributed by atoms with Crippen molar-refractivity contribution in [1.82, 2.24) is 10.2 Å². The van der Waals surface area contributed by atoms with Crippen molar-refractivity contribution in [1.29, 1.82) is 0 Å². The van der Waals surface area contributed by atoms with Gasteiger partial charge >= 0.3 is 0 Å². The lowest BCUT2D eigenvalue weighted by Crippen LogP contribution is -2.59. The highest BCUT2D eigenvalue weighted by Gasteiger charge is 2.38. The monoisotopic (exact) mass is 372 g/mol. The third-order valence-electron chi connectivity index (χ3n) is 5.16. The van der Waals surface area contributed by atoms with Gasteiger partial charge in [-0.3, -0.25) is 9.69 Å². The third-order valence-corrected chi connectivity index (χ3v) is 5.49. The van der Waals surface area contributed by atoms with Gasteiger partial charge in [0.25, 0.3) is 5.91 Å². The molecule has 2 aliphatic rings. The topological polar surface area (TPSA) is 41.6 Å². The van der Waals surface area contributed by atoms with E-state index in [9.17, 15) is 4.79 Å². The molecule has 134 valence electrons. The van der Waals surface area contributed by atoms with Crippen LogP contribution in [0.2, 0.25) is 5.02 Å². The molecule has 2 fully saturated rings. The third kappa shape index (κ3) is 4.42. The Morgan fingerprint density at radius 1 is 1.17 bits per heavy atom. The summed E-state index contributed by atoms with van der Waals surface area (Å²) in [5.74, 6) is -0.0752. The first-order valence-electron chi connectivity index (χ1n) is 8.57. The summed E-state index contributed by atoms with van der Waals surface area (Å²) in [5, 5.41) is 3.65. The van der Waals surface area contributed by atoms with E-state index < -0.39 is 0 Å². The van der Waals surface area contributed by atoms with Gasteiger partial charge in [-0.2, -0.15) is 0 Å². The van der Waals surface area contributed by atoms with Crippen LogP contribution >= 0.6 is 24.0 Å². The summed E-state index contributed by atoms with van der Waals surface area (Å²) in [6.07, 6.45) is 6.06. The Labute approximate surface area is 155 Å². The summed E-state index contributed by atoms with van der Waals surface area (Å²) in [7, 11) is 0. The number of hydrogen-bond acceptors (Lipinski definition) is 3. The summed E-state index contributed by atoms with van der Waals surface area (Å²) in [6.45, 7) is 4.20. The van der Waals surface area contributed by atoms with E-state index >= 15 is 0 Å². The van der Waals surface area contributed by atoms with Crippen LogP contribution in [0.15, 0.2) is 24.3 Å². The first kappa shape index (κ1) is 19.5. The summed E-state index contributed by atoms with van der Waals surface area (Å²) in [5.41, 5.74) is 0.640. The van der Waals surface area contributed by atoms with Crippen molar-refractivity contribution in [3.8, 4) is 0 Å². The first-order valence-corrected chi connectivity index (χ1v) is 8.95. The van der Waals surface area contributed by atoms with Crippen LogP contribution < -0.4 is 5.32 Å². The molecule has 1 N–H and O–H groups in total. The van der Waals surface area contributed by atoms with Crippen molar-refractivity contribution in [2.45, 2.75) is 37.6 Å². The first-order chi connectivity index (χ1) is 11.2. The Morgan fingerprint density at radius 2 is 1.83 bits per heavy atom. The lowest BCUT2D eigenvalue weighted by Gasteiger charge is -2.48. The van der Waals surface area contributed by atoms with E-state index in [0.29, 0.717) is 17.1 Å². The molecule has 0 spiro atoms. The maximum Gasteiger partial charge on any atom is 0.252 e. The number of amides is 1. The highest BCUT2D eigenvalue weighted by Crippen LogP contribution is 2.34. The fraction of sp³-hybridized carbons (Fsp3) is 0.611. The Bertz CT molecular complexity index is 542. The molecule has 0 unspecified atom stereocenters. The van der Waals surface area contributed by atoms with Gasteiger partial charge in [0.05, 0.1) is 23.8 Å². The molecular formula is C18H26Cl2N2O2. The number of nitrogens with one attached hydrogen (secondary N) is 1. The molecule has 0 aromatic heterocycles. The molecule has 0 atom stereocenters. The molecule has 1 saturated carbocycles. The molecule has 24 heavy (non-hydrogen) atoms. The molecule has 1 aromatic carbocycles. The highest BCUT2D eigenvalue weighted by atomic mass is 35.5. The van der Waals surface area contributed by atoms with E-state index in [4.69, 9.17) is 16.3 Å². The molecule has 4 nitrogen and oxygen atoms in total. The minimum atomic E-state index is -0.0752. The van der Waals surface area contributed by atoms with Gasteiger partial charge in [0.15, 0.2) is 0 Å². The maximum absolute atomic E-state index is 12.5. The molecule has 1 heterocycles. The van der Waals surface area contributed by atoms with Crippen LogP contribution in [0.3, 0.4) is 0 Å². The van der Waals surface area contributed by atoms with Crippen LogP contribution in [0.5, 0.6) is 0 Å². The van der Waals surface area contributed by atoms with Crippen molar-refractivity contribution in [2.75, 3.05) is 32.8 Å². The Hall–Kier alpha value is -0.810. The normalized spacial score (nSPS) is 20.9. The summed E-state index contributed by atoms with van der Waals surface area (Å²) in [6, 6.07) is 7.23. The molecule has 3 rings (SSSR count). The average molecular weight is 373 g/mol. The van der Waals surface area contributed by atoms with Crippen LogP contribution in [0.25, 0.3) is 0 Å². The Balaban J connectivity index is 0.00000208. The van der Waals surface area contributed by atoms with Crippen LogP contribution in [-0.2, 0) is 4.74 Å². The fourth-order valence-electron chi connectivity index (χ4n) is 3.84. The summed E-state index contributed by atoms with van der Waals surface area (Å²) < 4.78 is 5.50. The number of benzene rings is 1. The van der Waals surface area contributed by atoms with E-state index in [2.05, 4.69) is 10.2 Å². The molecule has 1 amide bonds. The molecule has 1 saturated heterocycles. The molecular weight excluding hydrogens is 347 g/mol. The molecule has 0 bridgehead atoms. The van der Waals surface area contributed by atoms with E-state index in [1.165, 1.54) is 19.3 Å². The fourth-order valence-corrected chi connectivity index (χ4v) is 4.06. The number of rotatable bonds is 4. The van der Waals surface area contributed by atoms with E-state index in [1.807, 2.05) is 12.1 Å². The van der Waals surface area contributed by atoms with Gasteiger partial charge < -0.3 is 10.1 Å². The predicted octanol–water partition coefficient (Wildman–Crippen LogP) is 3.53. The molecule has 1 aliphatic carbocycles. The number of nitrogens with zero attached hydrogens (tertiary/aromatic N) is 1. The second kappa shape index (κ2) is 9.04. The summed E-state index contributed by atoms with van der Waals surface area (Å²) >= 11 is 6.14. The number of halogens is 2. The number of carbonyl (C=O) groups excluding carboxylic acids is 1.